The van der Waals surface area contributed by atoms with Crippen LogP contribution in [0.4, 0.5) is 0 Å². The number of hydrogen-bond acceptors (Lipinski definition) is 2. The van der Waals surface area contributed by atoms with E-state index in [9.17, 15) is 8.42 Å². The Hall–Kier alpha value is -0.000000000000000111. The normalized spacial score (nSPS) is 17.0. The van der Waals surface area contributed by atoms with Gasteiger partial charge in [0.05, 0.1) is 14.9 Å². The summed E-state index contributed by atoms with van der Waals surface area (Å²) in [5.41, 5.74) is 0. The van der Waals surface area contributed by atoms with Crippen LogP contribution < -0.4 is 0 Å². The van der Waals surface area contributed by atoms with E-state index >= 15 is 0 Å². The highest BCUT2D eigenvalue weighted by Gasteiger charge is 2.32. The van der Waals surface area contributed by atoms with Crippen LogP contribution in [0, 0.1) is 0 Å². The minimum absolute atomic E-state index is 0.0354. The second kappa shape index (κ2) is 6.84. The van der Waals surface area contributed by atoms with Crippen molar-refractivity contribution in [2.45, 2.75) is 36.6 Å². The van der Waals surface area contributed by atoms with Crippen LogP contribution in [0.2, 0.25) is 10.0 Å². The van der Waals surface area contributed by atoms with Crippen molar-refractivity contribution in [2.75, 3.05) is 12.4 Å². The molecule has 0 bridgehead atoms. The van der Waals surface area contributed by atoms with Crippen LogP contribution in [-0.4, -0.2) is 31.2 Å². The van der Waals surface area contributed by atoms with E-state index < -0.39 is 10.0 Å². The molecule has 20 heavy (non-hydrogen) atoms. The Morgan fingerprint density at radius 3 is 2.35 bits per heavy atom. The zero-order valence-electron chi connectivity index (χ0n) is 10.9. The van der Waals surface area contributed by atoms with Crippen LogP contribution in [-0.2, 0) is 10.0 Å². The van der Waals surface area contributed by atoms with E-state index in [-0.39, 0.29) is 21.8 Å². The number of rotatable bonds is 5. The third-order valence-electron chi connectivity index (χ3n) is 3.53. The lowest BCUT2D eigenvalue weighted by Gasteiger charge is -2.27. The molecule has 1 saturated carbocycles. The molecule has 3 nitrogen and oxygen atoms in total. The van der Waals surface area contributed by atoms with Crippen molar-refractivity contribution in [3.8, 4) is 0 Å². The molecule has 0 heterocycles. The van der Waals surface area contributed by atoms with Gasteiger partial charge in [0, 0.05) is 18.5 Å². The van der Waals surface area contributed by atoms with Crippen LogP contribution in [0.15, 0.2) is 23.1 Å². The lowest BCUT2D eigenvalue weighted by atomic mass is 10.2. The highest BCUT2D eigenvalue weighted by molar-refractivity contribution is 7.89. The van der Waals surface area contributed by atoms with Crippen LogP contribution >= 0.6 is 34.8 Å². The predicted octanol–water partition coefficient (Wildman–Crippen LogP) is 4.17. The Morgan fingerprint density at radius 1 is 1.15 bits per heavy atom. The summed E-state index contributed by atoms with van der Waals surface area (Å²) in [6.07, 6.45) is 3.88. The molecule has 1 aliphatic rings. The zero-order chi connectivity index (χ0) is 14.8. The molecule has 0 spiro atoms. The Kier molecular flexibility index (Phi) is 5.60. The summed E-state index contributed by atoms with van der Waals surface area (Å²) >= 11 is 17.5. The Bertz CT molecular complexity index is 571. The first kappa shape index (κ1) is 16.4. The van der Waals surface area contributed by atoms with Crippen LogP contribution in [0.3, 0.4) is 0 Å². The average molecular weight is 357 g/mol. The van der Waals surface area contributed by atoms with Gasteiger partial charge >= 0.3 is 0 Å². The van der Waals surface area contributed by atoms with Gasteiger partial charge in [0.25, 0.3) is 0 Å². The summed E-state index contributed by atoms with van der Waals surface area (Å²) in [4.78, 5) is 0.170. The van der Waals surface area contributed by atoms with Crippen molar-refractivity contribution in [3.63, 3.8) is 0 Å². The van der Waals surface area contributed by atoms with Gasteiger partial charge in [0.15, 0.2) is 0 Å². The summed E-state index contributed by atoms with van der Waals surface area (Å²) in [5.74, 6) is 0.275. The number of benzene rings is 1. The predicted molar refractivity (Wildman–Crippen MR) is 83.3 cm³/mol. The SMILES string of the molecule is O=S(=O)(c1ccc(Cl)c(Cl)c1)N(CCCl)C1CCCC1. The van der Waals surface area contributed by atoms with E-state index in [4.69, 9.17) is 34.8 Å². The van der Waals surface area contributed by atoms with Crippen molar-refractivity contribution < 1.29 is 8.42 Å². The standard InChI is InChI=1S/C13H16Cl3NO2S/c14-7-8-17(10-3-1-2-4-10)20(18,19)11-5-6-12(15)13(16)9-11/h5-6,9-10H,1-4,7-8H2. The molecule has 112 valence electrons. The van der Waals surface area contributed by atoms with E-state index in [1.165, 1.54) is 22.5 Å². The van der Waals surface area contributed by atoms with Gasteiger partial charge in [-0.1, -0.05) is 36.0 Å². The van der Waals surface area contributed by atoms with Crippen molar-refractivity contribution in [3.05, 3.63) is 28.2 Å². The van der Waals surface area contributed by atoms with E-state index in [2.05, 4.69) is 0 Å². The maximum absolute atomic E-state index is 12.7. The Balaban J connectivity index is 2.36. The fourth-order valence-electron chi connectivity index (χ4n) is 2.55. The number of hydrogen-bond donors (Lipinski definition) is 0. The summed E-state index contributed by atoms with van der Waals surface area (Å²) in [7, 11) is -3.58. The molecule has 1 aliphatic carbocycles. The van der Waals surface area contributed by atoms with Crippen molar-refractivity contribution in [2.24, 2.45) is 0 Å². The molecule has 0 atom stereocenters. The van der Waals surface area contributed by atoms with Gasteiger partial charge in [-0.15, -0.1) is 11.6 Å². The van der Waals surface area contributed by atoms with Gasteiger partial charge in [-0.25, -0.2) is 8.42 Å². The van der Waals surface area contributed by atoms with Crippen LogP contribution in [0.25, 0.3) is 0 Å². The van der Waals surface area contributed by atoms with Gasteiger partial charge in [0.1, 0.15) is 0 Å². The monoisotopic (exact) mass is 355 g/mol. The van der Waals surface area contributed by atoms with Crippen molar-refractivity contribution >= 4 is 44.8 Å². The van der Waals surface area contributed by atoms with Crippen molar-refractivity contribution in [1.82, 2.24) is 4.31 Å². The first-order valence-electron chi connectivity index (χ1n) is 6.49. The topological polar surface area (TPSA) is 37.4 Å². The first-order valence-corrected chi connectivity index (χ1v) is 9.22. The smallest absolute Gasteiger partial charge is 0.207 e. The quantitative estimate of drug-likeness (QED) is 0.743. The van der Waals surface area contributed by atoms with Crippen molar-refractivity contribution in [1.29, 1.82) is 0 Å². The molecule has 7 heteroatoms. The molecular weight excluding hydrogens is 341 g/mol. The molecule has 1 fully saturated rings. The minimum atomic E-state index is -3.58. The molecule has 0 radical (unpaired) electrons. The molecule has 0 N–H and O–H groups in total. The lowest BCUT2D eigenvalue weighted by molar-refractivity contribution is 0.337. The molecule has 0 aromatic heterocycles. The number of halogens is 3. The average Bonchev–Trinajstić information content (AvgIpc) is 2.92. The van der Waals surface area contributed by atoms with Gasteiger partial charge in [-0.05, 0) is 31.0 Å². The lowest BCUT2D eigenvalue weighted by Crippen LogP contribution is -2.40. The zero-order valence-corrected chi connectivity index (χ0v) is 13.9. The van der Waals surface area contributed by atoms with Crippen LogP contribution in [0.5, 0.6) is 0 Å². The molecular formula is C13H16Cl3NO2S. The number of sulfonamides is 1. The highest BCUT2D eigenvalue weighted by atomic mass is 35.5. The minimum Gasteiger partial charge on any atom is -0.207 e. The summed E-state index contributed by atoms with van der Waals surface area (Å²) in [6, 6.07) is 4.42. The second-order valence-electron chi connectivity index (χ2n) is 4.82. The summed E-state index contributed by atoms with van der Waals surface area (Å²) < 4.78 is 27.0. The van der Waals surface area contributed by atoms with Gasteiger partial charge in [-0.3, -0.25) is 0 Å². The number of nitrogens with zero attached hydrogens (tertiary/aromatic N) is 1. The Labute approximate surface area is 134 Å². The van der Waals surface area contributed by atoms with Gasteiger partial charge < -0.3 is 0 Å². The fourth-order valence-corrected chi connectivity index (χ4v) is 4.90. The Morgan fingerprint density at radius 2 is 1.80 bits per heavy atom. The molecule has 1 aromatic rings. The molecule has 2 rings (SSSR count). The second-order valence-corrected chi connectivity index (χ2v) is 7.90. The highest BCUT2D eigenvalue weighted by Crippen LogP contribution is 2.31. The molecule has 0 saturated heterocycles. The van der Waals surface area contributed by atoms with E-state index in [1.54, 1.807) is 0 Å². The molecule has 0 amide bonds. The van der Waals surface area contributed by atoms with E-state index in [0.29, 0.717) is 11.6 Å². The molecule has 1 aromatic carbocycles. The van der Waals surface area contributed by atoms with Gasteiger partial charge in [-0.2, -0.15) is 4.31 Å². The van der Waals surface area contributed by atoms with Gasteiger partial charge in [0.2, 0.25) is 10.0 Å². The maximum atomic E-state index is 12.7. The third kappa shape index (κ3) is 3.42. The van der Waals surface area contributed by atoms with E-state index in [0.717, 1.165) is 25.7 Å². The molecule has 0 unspecified atom stereocenters. The molecule has 0 aliphatic heterocycles. The maximum Gasteiger partial charge on any atom is 0.243 e. The summed E-state index contributed by atoms with van der Waals surface area (Å²) in [5, 5.41) is 0.584. The fraction of sp³-hybridized carbons (Fsp3) is 0.538. The third-order valence-corrected chi connectivity index (χ3v) is 6.39. The first-order chi connectivity index (χ1) is 9.46. The summed E-state index contributed by atoms with van der Waals surface area (Å²) in [6.45, 7) is 0.314. The van der Waals surface area contributed by atoms with E-state index in [1.807, 2.05) is 0 Å². The van der Waals surface area contributed by atoms with Crippen LogP contribution in [0.1, 0.15) is 25.7 Å². The number of alkyl halides is 1. The largest absolute Gasteiger partial charge is 0.243 e.